The number of nitrogens with one attached hydrogen (secondary N) is 1. The summed E-state index contributed by atoms with van der Waals surface area (Å²) in [6.07, 6.45) is 2.98. The minimum Gasteiger partial charge on any atom is -0.271 e. The summed E-state index contributed by atoms with van der Waals surface area (Å²) < 4.78 is 13.8. The molecule has 0 aliphatic heterocycles. The maximum Gasteiger partial charge on any atom is 0.124 e. The molecule has 1 aromatic rings. The summed E-state index contributed by atoms with van der Waals surface area (Å²) in [7, 11) is 0. The van der Waals surface area contributed by atoms with Crippen LogP contribution in [0.1, 0.15) is 32.3 Å². The van der Waals surface area contributed by atoms with Gasteiger partial charge in [-0.25, -0.2) is 4.39 Å². The van der Waals surface area contributed by atoms with Gasteiger partial charge in [-0.2, -0.15) is 0 Å². The molecule has 0 saturated carbocycles. The summed E-state index contributed by atoms with van der Waals surface area (Å²) in [5.41, 5.74) is 3.96. The number of hydrazine groups is 1. The summed E-state index contributed by atoms with van der Waals surface area (Å²) in [4.78, 5) is 0. The Labute approximate surface area is 111 Å². The highest BCUT2D eigenvalue weighted by Gasteiger charge is 2.18. The summed E-state index contributed by atoms with van der Waals surface area (Å²) in [6.45, 7) is 4.33. The van der Waals surface area contributed by atoms with Crippen LogP contribution in [-0.4, -0.2) is 6.04 Å². The highest BCUT2D eigenvalue weighted by Crippen LogP contribution is 2.23. The number of halogens is 2. The monoisotopic (exact) mass is 302 g/mol. The van der Waals surface area contributed by atoms with Crippen molar-refractivity contribution in [3.8, 4) is 0 Å². The molecule has 0 heterocycles. The average molecular weight is 303 g/mol. The number of rotatable bonds is 6. The first-order valence-electron chi connectivity index (χ1n) is 6.02. The molecule has 1 aromatic carbocycles. The fourth-order valence-corrected chi connectivity index (χ4v) is 2.66. The zero-order valence-electron chi connectivity index (χ0n) is 10.3. The first kappa shape index (κ1) is 14.6. The second-order valence-corrected chi connectivity index (χ2v) is 5.14. The van der Waals surface area contributed by atoms with Crippen molar-refractivity contribution >= 4 is 15.9 Å². The summed E-state index contributed by atoms with van der Waals surface area (Å²) in [6, 6.07) is 5.02. The lowest BCUT2D eigenvalue weighted by molar-refractivity contribution is 0.335. The first-order valence-corrected chi connectivity index (χ1v) is 6.81. The molecule has 1 unspecified atom stereocenters. The lowest BCUT2D eigenvalue weighted by atomic mass is 9.90. The van der Waals surface area contributed by atoms with Gasteiger partial charge in [-0.3, -0.25) is 11.3 Å². The van der Waals surface area contributed by atoms with E-state index in [1.165, 1.54) is 12.1 Å². The van der Waals surface area contributed by atoms with Crippen LogP contribution in [0.25, 0.3) is 0 Å². The molecule has 1 rings (SSSR count). The molecular weight excluding hydrogens is 283 g/mol. The van der Waals surface area contributed by atoms with E-state index in [1.54, 1.807) is 0 Å². The molecule has 4 heteroatoms. The summed E-state index contributed by atoms with van der Waals surface area (Å²) in [5.74, 6) is 5.93. The summed E-state index contributed by atoms with van der Waals surface area (Å²) in [5, 5.41) is 0. The SMILES string of the molecule is CCC(CC)C(Cc1ccc(F)cc1Br)NN. The van der Waals surface area contributed by atoms with Crippen LogP contribution in [0.15, 0.2) is 22.7 Å². The van der Waals surface area contributed by atoms with Crippen molar-refractivity contribution in [3.63, 3.8) is 0 Å². The van der Waals surface area contributed by atoms with E-state index in [9.17, 15) is 4.39 Å². The van der Waals surface area contributed by atoms with Crippen LogP contribution in [0, 0.1) is 11.7 Å². The molecule has 0 aliphatic rings. The standard InChI is InChI=1S/C13H20BrFN2/c1-3-9(4-2)13(17-16)7-10-5-6-11(15)8-12(10)14/h5-6,8-9,13,17H,3-4,7,16H2,1-2H3. The van der Waals surface area contributed by atoms with Crippen LogP contribution >= 0.6 is 15.9 Å². The van der Waals surface area contributed by atoms with Gasteiger partial charge in [0.25, 0.3) is 0 Å². The number of nitrogens with two attached hydrogens (primary N) is 1. The van der Waals surface area contributed by atoms with Crippen molar-refractivity contribution in [2.45, 2.75) is 39.2 Å². The van der Waals surface area contributed by atoms with Gasteiger partial charge in [0.05, 0.1) is 0 Å². The van der Waals surface area contributed by atoms with Gasteiger partial charge in [0, 0.05) is 10.5 Å². The third kappa shape index (κ3) is 4.05. The van der Waals surface area contributed by atoms with Gasteiger partial charge in [0.15, 0.2) is 0 Å². The number of hydrogen-bond donors (Lipinski definition) is 2. The zero-order chi connectivity index (χ0) is 12.8. The second kappa shape index (κ2) is 7.09. The lowest BCUT2D eigenvalue weighted by Crippen LogP contribution is -2.42. The molecule has 0 aliphatic carbocycles. The normalized spacial score (nSPS) is 13.1. The third-order valence-corrected chi connectivity index (χ3v) is 4.03. The Balaban J connectivity index is 2.80. The molecule has 96 valence electrons. The van der Waals surface area contributed by atoms with E-state index >= 15 is 0 Å². The number of hydrogen-bond acceptors (Lipinski definition) is 2. The van der Waals surface area contributed by atoms with Crippen molar-refractivity contribution in [2.75, 3.05) is 0 Å². The van der Waals surface area contributed by atoms with E-state index in [4.69, 9.17) is 5.84 Å². The van der Waals surface area contributed by atoms with E-state index in [2.05, 4.69) is 35.2 Å². The quantitative estimate of drug-likeness (QED) is 0.624. The minimum atomic E-state index is -0.222. The predicted octanol–water partition coefficient (Wildman–Crippen LogP) is 3.40. The molecule has 17 heavy (non-hydrogen) atoms. The predicted molar refractivity (Wildman–Crippen MR) is 73.0 cm³/mol. The molecule has 0 radical (unpaired) electrons. The van der Waals surface area contributed by atoms with Crippen LogP contribution in [0.2, 0.25) is 0 Å². The molecule has 2 nitrogen and oxygen atoms in total. The van der Waals surface area contributed by atoms with Gasteiger partial charge >= 0.3 is 0 Å². The van der Waals surface area contributed by atoms with E-state index in [0.717, 1.165) is 29.3 Å². The Hall–Kier alpha value is -0.450. The van der Waals surface area contributed by atoms with Crippen LogP contribution in [0.5, 0.6) is 0 Å². The molecule has 0 spiro atoms. The van der Waals surface area contributed by atoms with Crippen LogP contribution in [-0.2, 0) is 6.42 Å². The van der Waals surface area contributed by atoms with Gasteiger partial charge < -0.3 is 0 Å². The minimum absolute atomic E-state index is 0.222. The first-order chi connectivity index (χ1) is 8.12. The van der Waals surface area contributed by atoms with Gasteiger partial charge in [0.2, 0.25) is 0 Å². The van der Waals surface area contributed by atoms with Crippen molar-refractivity contribution in [1.29, 1.82) is 0 Å². The molecule has 0 aromatic heterocycles. The van der Waals surface area contributed by atoms with Gasteiger partial charge in [-0.1, -0.05) is 48.7 Å². The largest absolute Gasteiger partial charge is 0.271 e. The Kier molecular flexibility index (Phi) is 6.09. The van der Waals surface area contributed by atoms with Crippen molar-refractivity contribution < 1.29 is 4.39 Å². The Morgan fingerprint density at radius 2 is 2.00 bits per heavy atom. The maximum atomic E-state index is 13.0. The van der Waals surface area contributed by atoms with Gasteiger partial charge in [-0.05, 0) is 30.0 Å². The fraction of sp³-hybridized carbons (Fsp3) is 0.538. The maximum absolute atomic E-state index is 13.0. The molecule has 1 atom stereocenters. The fourth-order valence-electron chi connectivity index (χ4n) is 2.14. The van der Waals surface area contributed by atoms with Gasteiger partial charge in [-0.15, -0.1) is 0 Å². The van der Waals surface area contributed by atoms with Crippen LogP contribution < -0.4 is 11.3 Å². The van der Waals surface area contributed by atoms with E-state index < -0.39 is 0 Å². The third-order valence-electron chi connectivity index (χ3n) is 3.29. The van der Waals surface area contributed by atoms with Crippen molar-refractivity contribution in [3.05, 3.63) is 34.1 Å². The molecule has 0 fully saturated rings. The van der Waals surface area contributed by atoms with E-state index in [1.807, 2.05) is 6.07 Å². The van der Waals surface area contributed by atoms with Crippen LogP contribution in [0.4, 0.5) is 4.39 Å². The van der Waals surface area contributed by atoms with Crippen molar-refractivity contribution in [2.24, 2.45) is 11.8 Å². The highest BCUT2D eigenvalue weighted by molar-refractivity contribution is 9.10. The van der Waals surface area contributed by atoms with Gasteiger partial charge in [0.1, 0.15) is 5.82 Å². The second-order valence-electron chi connectivity index (χ2n) is 4.29. The Bertz CT molecular complexity index is 353. The van der Waals surface area contributed by atoms with Crippen molar-refractivity contribution in [1.82, 2.24) is 5.43 Å². The smallest absolute Gasteiger partial charge is 0.124 e. The highest BCUT2D eigenvalue weighted by atomic mass is 79.9. The molecular formula is C13H20BrFN2. The molecule has 3 N–H and O–H groups in total. The molecule has 0 bridgehead atoms. The van der Waals surface area contributed by atoms with E-state index in [0.29, 0.717) is 5.92 Å². The lowest BCUT2D eigenvalue weighted by Gasteiger charge is -2.25. The summed E-state index contributed by atoms with van der Waals surface area (Å²) >= 11 is 3.39. The molecule has 0 amide bonds. The average Bonchev–Trinajstić information content (AvgIpc) is 2.32. The topological polar surface area (TPSA) is 38.0 Å². The van der Waals surface area contributed by atoms with Crippen LogP contribution in [0.3, 0.4) is 0 Å². The Morgan fingerprint density at radius 3 is 2.47 bits per heavy atom. The van der Waals surface area contributed by atoms with E-state index in [-0.39, 0.29) is 11.9 Å². The Morgan fingerprint density at radius 1 is 1.35 bits per heavy atom. The molecule has 0 saturated heterocycles. The zero-order valence-corrected chi connectivity index (χ0v) is 11.9. The number of benzene rings is 1.